The van der Waals surface area contributed by atoms with E-state index in [4.69, 9.17) is 5.73 Å². The fourth-order valence-corrected chi connectivity index (χ4v) is 3.62. The van der Waals surface area contributed by atoms with Crippen molar-refractivity contribution in [3.8, 4) is 0 Å². The van der Waals surface area contributed by atoms with Crippen molar-refractivity contribution >= 4 is 21.6 Å². The van der Waals surface area contributed by atoms with Crippen LogP contribution in [0.3, 0.4) is 0 Å². The second-order valence-electron chi connectivity index (χ2n) is 5.29. The molecule has 25 heavy (non-hydrogen) atoms. The molecule has 0 spiro atoms. The Morgan fingerprint density at radius 1 is 1.08 bits per heavy atom. The normalized spacial score (nSPS) is 11.4. The van der Waals surface area contributed by atoms with Crippen LogP contribution in [0.4, 0.5) is 5.69 Å². The van der Waals surface area contributed by atoms with Gasteiger partial charge in [0.2, 0.25) is 15.9 Å². The van der Waals surface area contributed by atoms with Gasteiger partial charge in [0.15, 0.2) is 0 Å². The highest BCUT2D eigenvalue weighted by molar-refractivity contribution is 7.89. The second kappa shape index (κ2) is 7.86. The molecule has 0 heterocycles. The van der Waals surface area contributed by atoms with E-state index < -0.39 is 20.9 Å². The first kappa shape index (κ1) is 18.6. The zero-order valence-electron chi connectivity index (χ0n) is 13.2. The highest BCUT2D eigenvalue weighted by atomic mass is 32.2. The molecule has 0 saturated heterocycles. The third-order valence-corrected chi connectivity index (χ3v) is 5.35. The molecule has 2 aromatic rings. The minimum absolute atomic E-state index is 0.0629. The first-order valence-electron chi connectivity index (χ1n) is 7.37. The number of nitrogens with two attached hydrogens (primary N) is 1. The van der Waals surface area contributed by atoms with Gasteiger partial charge in [-0.05, 0) is 17.7 Å². The molecule has 1 amide bonds. The molecule has 9 heteroatoms. The highest BCUT2D eigenvalue weighted by Gasteiger charge is 2.25. The summed E-state index contributed by atoms with van der Waals surface area (Å²) in [5.74, 6) is -0.614. The molecule has 0 bridgehead atoms. The molecular formula is C16H17N3O5S. The average molecular weight is 363 g/mol. The SMILES string of the molecule is NC(=O)CCN(Cc1ccccc1)S(=O)(=O)c1ccc([N+](=O)[O-])cc1. The van der Waals surface area contributed by atoms with E-state index in [-0.39, 0.29) is 30.1 Å². The summed E-state index contributed by atoms with van der Waals surface area (Å²) in [5.41, 5.74) is 5.68. The maximum absolute atomic E-state index is 12.8. The van der Waals surface area contributed by atoms with E-state index in [9.17, 15) is 23.3 Å². The molecule has 0 aliphatic carbocycles. The number of nitrogens with zero attached hydrogens (tertiary/aromatic N) is 2. The summed E-state index contributed by atoms with van der Waals surface area (Å²) in [6, 6.07) is 13.5. The fourth-order valence-electron chi connectivity index (χ4n) is 2.20. The summed E-state index contributed by atoms with van der Waals surface area (Å²) in [7, 11) is -3.93. The molecule has 2 rings (SSSR count). The number of primary amides is 1. The summed E-state index contributed by atoms with van der Waals surface area (Å²) < 4.78 is 26.8. The van der Waals surface area contributed by atoms with Crippen LogP contribution in [0.2, 0.25) is 0 Å². The Morgan fingerprint density at radius 2 is 1.68 bits per heavy atom. The van der Waals surface area contributed by atoms with E-state index in [1.165, 1.54) is 12.1 Å². The molecular weight excluding hydrogens is 346 g/mol. The van der Waals surface area contributed by atoms with Gasteiger partial charge in [-0.2, -0.15) is 4.31 Å². The van der Waals surface area contributed by atoms with Crippen molar-refractivity contribution in [3.05, 3.63) is 70.3 Å². The van der Waals surface area contributed by atoms with E-state index in [2.05, 4.69) is 0 Å². The third-order valence-electron chi connectivity index (χ3n) is 3.49. The number of nitro benzene ring substituents is 1. The van der Waals surface area contributed by atoms with Crippen LogP contribution in [0.1, 0.15) is 12.0 Å². The minimum atomic E-state index is -3.93. The predicted octanol–water partition coefficient (Wildman–Crippen LogP) is 1.66. The number of amides is 1. The maximum atomic E-state index is 12.8. The molecule has 0 fully saturated rings. The van der Waals surface area contributed by atoms with Gasteiger partial charge in [-0.25, -0.2) is 8.42 Å². The van der Waals surface area contributed by atoms with Crippen molar-refractivity contribution < 1.29 is 18.1 Å². The Kier molecular flexibility index (Phi) is 5.84. The van der Waals surface area contributed by atoms with Crippen molar-refractivity contribution in [3.63, 3.8) is 0 Å². The molecule has 132 valence electrons. The van der Waals surface area contributed by atoms with Gasteiger partial charge in [0.1, 0.15) is 0 Å². The van der Waals surface area contributed by atoms with Crippen LogP contribution in [0.5, 0.6) is 0 Å². The standard InChI is InChI=1S/C16H17N3O5S/c17-16(20)10-11-18(12-13-4-2-1-3-5-13)25(23,24)15-8-6-14(7-9-15)19(21)22/h1-9H,10-12H2,(H2,17,20). The van der Waals surface area contributed by atoms with Crippen molar-refractivity contribution in [2.75, 3.05) is 6.54 Å². The van der Waals surface area contributed by atoms with Crippen LogP contribution in [0.25, 0.3) is 0 Å². The van der Waals surface area contributed by atoms with Crippen LogP contribution >= 0.6 is 0 Å². The van der Waals surface area contributed by atoms with Crippen LogP contribution in [0, 0.1) is 10.1 Å². The first-order chi connectivity index (χ1) is 11.8. The Morgan fingerprint density at radius 3 is 2.20 bits per heavy atom. The summed E-state index contributed by atoms with van der Waals surface area (Å²) in [4.78, 5) is 21.1. The Balaban J connectivity index is 2.32. The number of nitro groups is 1. The lowest BCUT2D eigenvalue weighted by atomic mass is 10.2. The van der Waals surface area contributed by atoms with Crippen LogP contribution < -0.4 is 5.73 Å². The molecule has 8 nitrogen and oxygen atoms in total. The van der Waals surface area contributed by atoms with Crippen molar-refractivity contribution in [2.24, 2.45) is 5.73 Å². The van der Waals surface area contributed by atoms with Gasteiger partial charge in [0.05, 0.1) is 9.82 Å². The van der Waals surface area contributed by atoms with Gasteiger partial charge >= 0.3 is 0 Å². The van der Waals surface area contributed by atoms with Gasteiger partial charge in [0.25, 0.3) is 5.69 Å². The molecule has 0 aromatic heterocycles. The quantitative estimate of drug-likeness (QED) is 0.564. The van der Waals surface area contributed by atoms with Crippen molar-refractivity contribution in [1.29, 1.82) is 0 Å². The Labute approximate surface area is 145 Å². The zero-order valence-corrected chi connectivity index (χ0v) is 14.1. The van der Waals surface area contributed by atoms with E-state index in [1.54, 1.807) is 24.3 Å². The molecule has 0 atom stereocenters. The lowest BCUT2D eigenvalue weighted by Crippen LogP contribution is -2.33. The molecule has 0 radical (unpaired) electrons. The Hall–Kier alpha value is -2.78. The lowest BCUT2D eigenvalue weighted by Gasteiger charge is -2.22. The summed E-state index contributed by atoms with van der Waals surface area (Å²) >= 11 is 0. The maximum Gasteiger partial charge on any atom is 0.269 e. The summed E-state index contributed by atoms with van der Waals surface area (Å²) in [6.45, 7) is -0.0169. The molecule has 2 N–H and O–H groups in total. The minimum Gasteiger partial charge on any atom is -0.370 e. The number of hydrogen-bond donors (Lipinski definition) is 1. The first-order valence-corrected chi connectivity index (χ1v) is 8.81. The van der Waals surface area contributed by atoms with Gasteiger partial charge in [0, 0.05) is 31.6 Å². The lowest BCUT2D eigenvalue weighted by molar-refractivity contribution is -0.384. The average Bonchev–Trinajstić information content (AvgIpc) is 2.59. The van der Waals surface area contributed by atoms with Gasteiger partial charge in [-0.15, -0.1) is 0 Å². The number of sulfonamides is 1. The molecule has 0 aliphatic rings. The number of non-ortho nitro benzene ring substituents is 1. The molecule has 0 aliphatic heterocycles. The molecule has 2 aromatic carbocycles. The Bertz CT molecular complexity index is 851. The van der Waals surface area contributed by atoms with Crippen LogP contribution in [-0.2, 0) is 21.4 Å². The van der Waals surface area contributed by atoms with Gasteiger partial charge < -0.3 is 5.73 Å². The smallest absolute Gasteiger partial charge is 0.269 e. The van der Waals surface area contributed by atoms with E-state index in [1.807, 2.05) is 6.07 Å². The van der Waals surface area contributed by atoms with Crippen molar-refractivity contribution in [1.82, 2.24) is 4.31 Å². The van der Waals surface area contributed by atoms with E-state index in [0.717, 1.165) is 22.0 Å². The monoisotopic (exact) mass is 363 g/mol. The zero-order chi connectivity index (χ0) is 18.4. The largest absolute Gasteiger partial charge is 0.370 e. The van der Waals surface area contributed by atoms with Gasteiger partial charge in [-0.1, -0.05) is 30.3 Å². The molecule has 0 saturated carbocycles. The number of carbonyl (C=O) groups is 1. The number of benzene rings is 2. The topological polar surface area (TPSA) is 124 Å². The number of rotatable bonds is 8. The summed E-state index contributed by atoms with van der Waals surface area (Å²) in [5, 5.41) is 10.7. The fraction of sp³-hybridized carbons (Fsp3) is 0.188. The highest BCUT2D eigenvalue weighted by Crippen LogP contribution is 2.21. The number of hydrogen-bond acceptors (Lipinski definition) is 5. The van der Waals surface area contributed by atoms with Gasteiger partial charge in [-0.3, -0.25) is 14.9 Å². The van der Waals surface area contributed by atoms with Crippen LogP contribution in [0.15, 0.2) is 59.5 Å². The molecule has 0 unspecified atom stereocenters. The summed E-state index contributed by atoms with van der Waals surface area (Å²) in [6.07, 6.45) is -0.126. The van der Waals surface area contributed by atoms with Crippen molar-refractivity contribution in [2.45, 2.75) is 17.9 Å². The predicted molar refractivity (Wildman–Crippen MR) is 90.9 cm³/mol. The van der Waals surface area contributed by atoms with Crippen LogP contribution in [-0.4, -0.2) is 30.1 Å². The second-order valence-corrected chi connectivity index (χ2v) is 7.23. The van der Waals surface area contributed by atoms with E-state index in [0.29, 0.717) is 0 Å². The third kappa shape index (κ3) is 4.85. The number of carbonyl (C=O) groups excluding carboxylic acids is 1. The van der Waals surface area contributed by atoms with E-state index >= 15 is 0 Å².